The number of aryl methyl sites for hydroxylation is 1. The van der Waals surface area contributed by atoms with E-state index < -0.39 is 0 Å². The van der Waals surface area contributed by atoms with Crippen LogP contribution in [0.1, 0.15) is 23.8 Å². The topological polar surface area (TPSA) is 46.9 Å². The van der Waals surface area contributed by atoms with Gasteiger partial charge in [0.15, 0.2) is 0 Å². The van der Waals surface area contributed by atoms with Gasteiger partial charge in [0.25, 0.3) is 5.91 Å². The third kappa shape index (κ3) is 2.90. The van der Waals surface area contributed by atoms with Gasteiger partial charge in [0.2, 0.25) is 0 Å². The summed E-state index contributed by atoms with van der Waals surface area (Å²) in [6.07, 6.45) is 4.44. The Morgan fingerprint density at radius 1 is 1.50 bits per heavy atom. The minimum absolute atomic E-state index is 0.143. The number of anilines is 1. The minimum Gasteiger partial charge on any atom is -0.344 e. The van der Waals surface area contributed by atoms with Gasteiger partial charge < -0.3 is 9.88 Å². The van der Waals surface area contributed by atoms with Crippen molar-refractivity contribution >= 4 is 23.2 Å². The molecule has 0 aliphatic rings. The van der Waals surface area contributed by atoms with Crippen LogP contribution in [0.5, 0.6) is 0 Å². The largest absolute Gasteiger partial charge is 0.344 e. The van der Waals surface area contributed by atoms with Gasteiger partial charge in [0.05, 0.1) is 0 Å². The molecule has 4 nitrogen and oxygen atoms in total. The Kier molecular flexibility index (Phi) is 3.99. The van der Waals surface area contributed by atoms with Crippen molar-refractivity contribution in [3.8, 4) is 0 Å². The van der Waals surface area contributed by atoms with E-state index in [-0.39, 0.29) is 5.91 Å². The number of carbonyl (C=O) groups excluding carboxylic acids is 1. The molecule has 0 aliphatic heterocycles. The van der Waals surface area contributed by atoms with Crippen molar-refractivity contribution < 1.29 is 4.79 Å². The number of pyridine rings is 1. The molecule has 0 aliphatic carbocycles. The van der Waals surface area contributed by atoms with Crippen molar-refractivity contribution in [2.75, 3.05) is 5.32 Å². The molecule has 94 valence electrons. The lowest BCUT2D eigenvalue weighted by Crippen LogP contribution is -2.16. The number of hydrogen-bond donors (Lipinski definition) is 1. The summed E-state index contributed by atoms with van der Waals surface area (Å²) < 4.78 is 1.93. The smallest absolute Gasteiger partial charge is 0.272 e. The molecule has 0 saturated heterocycles. The number of halogens is 1. The highest BCUT2D eigenvalue weighted by atomic mass is 35.5. The van der Waals surface area contributed by atoms with Crippen molar-refractivity contribution in [1.29, 1.82) is 0 Å². The van der Waals surface area contributed by atoms with Crippen LogP contribution in [0.25, 0.3) is 0 Å². The summed E-state index contributed by atoms with van der Waals surface area (Å²) in [7, 11) is 0. The molecule has 1 amide bonds. The first-order chi connectivity index (χ1) is 8.70. The standard InChI is InChI=1S/C13H14ClN3O/c1-2-7-17-8-3-4-11(17)13(18)16-10-5-6-15-12(14)9-10/h3-6,8-9H,2,7H2,1H3,(H,15,16,18). The maximum absolute atomic E-state index is 12.1. The maximum Gasteiger partial charge on any atom is 0.272 e. The molecule has 2 aromatic rings. The van der Waals surface area contributed by atoms with Gasteiger partial charge in [0, 0.05) is 24.6 Å². The van der Waals surface area contributed by atoms with Gasteiger partial charge in [-0.15, -0.1) is 0 Å². The minimum atomic E-state index is -0.143. The summed E-state index contributed by atoms with van der Waals surface area (Å²) in [6.45, 7) is 2.90. The Labute approximate surface area is 111 Å². The van der Waals surface area contributed by atoms with Crippen molar-refractivity contribution in [3.63, 3.8) is 0 Å². The third-order valence-corrected chi connectivity index (χ3v) is 2.72. The van der Waals surface area contributed by atoms with Crippen LogP contribution in [0.3, 0.4) is 0 Å². The molecule has 0 bridgehead atoms. The Bertz CT molecular complexity index is 551. The Morgan fingerprint density at radius 3 is 3.06 bits per heavy atom. The fourth-order valence-electron chi connectivity index (χ4n) is 1.73. The van der Waals surface area contributed by atoms with Crippen LogP contribution in [0, 0.1) is 0 Å². The molecular weight excluding hydrogens is 250 g/mol. The molecule has 5 heteroatoms. The van der Waals surface area contributed by atoms with E-state index in [2.05, 4.69) is 17.2 Å². The lowest BCUT2D eigenvalue weighted by atomic mass is 10.3. The zero-order chi connectivity index (χ0) is 13.0. The predicted octanol–water partition coefficient (Wildman–Crippen LogP) is 3.20. The number of aromatic nitrogens is 2. The molecule has 2 heterocycles. The van der Waals surface area contributed by atoms with Crippen LogP contribution >= 0.6 is 11.6 Å². The molecule has 0 aromatic carbocycles. The molecule has 0 fully saturated rings. The molecule has 0 unspecified atom stereocenters. The number of nitrogens with zero attached hydrogens (tertiary/aromatic N) is 2. The Balaban J connectivity index is 2.14. The zero-order valence-electron chi connectivity index (χ0n) is 10.1. The fraction of sp³-hybridized carbons (Fsp3) is 0.231. The quantitative estimate of drug-likeness (QED) is 0.861. The van der Waals surface area contributed by atoms with E-state index in [0.717, 1.165) is 13.0 Å². The van der Waals surface area contributed by atoms with E-state index >= 15 is 0 Å². The van der Waals surface area contributed by atoms with E-state index in [1.165, 1.54) is 0 Å². The van der Waals surface area contributed by atoms with Crippen LogP contribution in [0.15, 0.2) is 36.7 Å². The van der Waals surface area contributed by atoms with Gasteiger partial charge in [-0.2, -0.15) is 0 Å². The Morgan fingerprint density at radius 2 is 2.33 bits per heavy atom. The fourth-order valence-corrected chi connectivity index (χ4v) is 1.91. The predicted molar refractivity (Wildman–Crippen MR) is 71.9 cm³/mol. The number of rotatable bonds is 4. The molecule has 0 spiro atoms. The average molecular weight is 264 g/mol. The van der Waals surface area contributed by atoms with Crippen LogP contribution in [-0.4, -0.2) is 15.5 Å². The lowest BCUT2D eigenvalue weighted by Gasteiger charge is -2.08. The van der Waals surface area contributed by atoms with Gasteiger partial charge in [-0.25, -0.2) is 4.98 Å². The highest BCUT2D eigenvalue weighted by Crippen LogP contribution is 2.13. The maximum atomic E-state index is 12.1. The summed E-state index contributed by atoms with van der Waals surface area (Å²) in [6, 6.07) is 6.99. The molecule has 18 heavy (non-hydrogen) atoms. The van der Waals surface area contributed by atoms with E-state index in [1.807, 2.05) is 16.8 Å². The molecule has 0 radical (unpaired) electrons. The Hall–Kier alpha value is -1.81. The summed E-state index contributed by atoms with van der Waals surface area (Å²) in [5.74, 6) is -0.143. The first-order valence-electron chi connectivity index (χ1n) is 5.78. The zero-order valence-corrected chi connectivity index (χ0v) is 10.8. The lowest BCUT2D eigenvalue weighted by molar-refractivity contribution is 0.101. The highest BCUT2D eigenvalue weighted by molar-refractivity contribution is 6.29. The van der Waals surface area contributed by atoms with E-state index in [1.54, 1.807) is 24.4 Å². The third-order valence-electron chi connectivity index (χ3n) is 2.51. The first kappa shape index (κ1) is 12.6. The monoisotopic (exact) mass is 263 g/mol. The van der Waals surface area contributed by atoms with Crippen LogP contribution in [-0.2, 0) is 6.54 Å². The normalized spacial score (nSPS) is 10.3. The van der Waals surface area contributed by atoms with E-state index in [4.69, 9.17) is 11.6 Å². The number of amides is 1. The van der Waals surface area contributed by atoms with Crippen molar-refractivity contribution in [3.05, 3.63) is 47.5 Å². The number of nitrogens with one attached hydrogen (secondary N) is 1. The van der Waals surface area contributed by atoms with Gasteiger partial charge in [-0.1, -0.05) is 18.5 Å². The van der Waals surface area contributed by atoms with Crippen molar-refractivity contribution in [2.45, 2.75) is 19.9 Å². The molecule has 0 saturated carbocycles. The average Bonchev–Trinajstić information content (AvgIpc) is 2.78. The molecule has 2 aromatic heterocycles. The van der Waals surface area contributed by atoms with Crippen LogP contribution in [0.4, 0.5) is 5.69 Å². The van der Waals surface area contributed by atoms with Gasteiger partial charge >= 0.3 is 0 Å². The second-order valence-corrected chi connectivity index (χ2v) is 4.30. The number of hydrogen-bond acceptors (Lipinski definition) is 2. The molecule has 2 rings (SSSR count). The second kappa shape index (κ2) is 5.69. The van der Waals surface area contributed by atoms with E-state index in [9.17, 15) is 4.79 Å². The van der Waals surface area contributed by atoms with E-state index in [0.29, 0.717) is 16.5 Å². The molecule has 0 atom stereocenters. The summed E-state index contributed by atoms with van der Waals surface area (Å²) in [4.78, 5) is 16.0. The summed E-state index contributed by atoms with van der Waals surface area (Å²) in [5, 5.41) is 3.16. The second-order valence-electron chi connectivity index (χ2n) is 3.91. The van der Waals surface area contributed by atoms with Crippen LogP contribution in [0.2, 0.25) is 5.15 Å². The molecule has 1 N–H and O–H groups in total. The summed E-state index contributed by atoms with van der Waals surface area (Å²) >= 11 is 5.77. The summed E-state index contributed by atoms with van der Waals surface area (Å²) in [5.41, 5.74) is 1.29. The SMILES string of the molecule is CCCn1cccc1C(=O)Nc1ccnc(Cl)c1. The number of carbonyl (C=O) groups is 1. The highest BCUT2D eigenvalue weighted by Gasteiger charge is 2.10. The van der Waals surface area contributed by atoms with Gasteiger partial charge in [0.1, 0.15) is 10.8 Å². The molecular formula is C13H14ClN3O. The van der Waals surface area contributed by atoms with Crippen molar-refractivity contribution in [2.24, 2.45) is 0 Å². The van der Waals surface area contributed by atoms with Gasteiger partial charge in [-0.3, -0.25) is 4.79 Å². The first-order valence-corrected chi connectivity index (χ1v) is 6.16. The van der Waals surface area contributed by atoms with Gasteiger partial charge in [-0.05, 0) is 30.7 Å². The van der Waals surface area contributed by atoms with Crippen LogP contribution < -0.4 is 5.32 Å². The van der Waals surface area contributed by atoms with Crippen molar-refractivity contribution in [1.82, 2.24) is 9.55 Å².